The van der Waals surface area contributed by atoms with E-state index in [0.29, 0.717) is 0 Å². The number of halogens is 1. The van der Waals surface area contributed by atoms with E-state index in [4.69, 9.17) is 4.42 Å². The van der Waals surface area contributed by atoms with Gasteiger partial charge in [0.05, 0.1) is 4.47 Å². The van der Waals surface area contributed by atoms with E-state index in [1.807, 2.05) is 0 Å². The third kappa shape index (κ3) is 3.23. The Balaban J connectivity index is 1.78. The minimum atomic E-state index is 0.946. The number of fused-ring (bicyclic) bond motifs is 1. The Bertz CT molecular complexity index is 927. The number of furan rings is 1. The maximum atomic E-state index is 6.36. The third-order valence-electron chi connectivity index (χ3n) is 4.84. The Kier molecular flexibility index (Phi) is 4.39. The molecule has 25 heavy (non-hydrogen) atoms. The largest absolute Gasteiger partial charge is 0.455 e. The molecule has 0 fully saturated rings. The molecule has 1 heterocycles. The van der Waals surface area contributed by atoms with Gasteiger partial charge >= 0.3 is 0 Å². The van der Waals surface area contributed by atoms with Crippen molar-refractivity contribution in [3.63, 3.8) is 0 Å². The van der Waals surface area contributed by atoms with Crippen molar-refractivity contribution >= 4 is 27.6 Å². The molecule has 3 aromatic rings. The highest BCUT2D eigenvalue weighted by atomic mass is 79.9. The standard InChI is InChI=1S/C23H21BrO/c1-15-6-10-17(11-7-15)14-19-4-3-5-20-21(24)23(25-22(19)20)18-12-8-16(2)9-13-18/h6-14H,3-5H2,1-2H3/b19-14+. The maximum Gasteiger partial charge on any atom is 0.149 e. The summed E-state index contributed by atoms with van der Waals surface area (Å²) in [5.41, 5.74) is 7.51. The molecule has 0 amide bonds. The Morgan fingerprint density at radius 2 is 1.48 bits per heavy atom. The van der Waals surface area contributed by atoms with Gasteiger partial charge in [0.15, 0.2) is 0 Å². The summed E-state index contributed by atoms with van der Waals surface area (Å²) in [6.45, 7) is 4.22. The molecule has 2 heteroatoms. The van der Waals surface area contributed by atoms with Crippen molar-refractivity contribution in [1.82, 2.24) is 0 Å². The number of aryl methyl sites for hydroxylation is 2. The summed E-state index contributed by atoms with van der Waals surface area (Å²) in [6, 6.07) is 17.2. The van der Waals surface area contributed by atoms with E-state index >= 15 is 0 Å². The highest BCUT2D eigenvalue weighted by molar-refractivity contribution is 9.10. The summed E-state index contributed by atoms with van der Waals surface area (Å²) in [4.78, 5) is 0. The van der Waals surface area contributed by atoms with Crippen molar-refractivity contribution in [3.8, 4) is 11.3 Å². The van der Waals surface area contributed by atoms with Gasteiger partial charge in [-0.3, -0.25) is 0 Å². The number of hydrogen-bond donors (Lipinski definition) is 0. The van der Waals surface area contributed by atoms with Crippen LogP contribution < -0.4 is 0 Å². The Morgan fingerprint density at radius 1 is 0.840 bits per heavy atom. The first kappa shape index (κ1) is 16.4. The quantitative estimate of drug-likeness (QED) is 0.449. The summed E-state index contributed by atoms with van der Waals surface area (Å²) in [5.74, 6) is 2.00. The van der Waals surface area contributed by atoms with Crippen LogP contribution in [0.4, 0.5) is 0 Å². The molecule has 0 aliphatic heterocycles. The topological polar surface area (TPSA) is 13.1 Å². The highest BCUT2D eigenvalue weighted by Gasteiger charge is 2.25. The Labute approximate surface area is 157 Å². The molecule has 1 aliphatic carbocycles. The fraction of sp³-hybridized carbons (Fsp3) is 0.217. The molecule has 0 bridgehead atoms. The van der Waals surface area contributed by atoms with Crippen LogP contribution in [0.15, 0.2) is 57.4 Å². The summed E-state index contributed by atoms with van der Waals surface area (Å²) in [6.07, 6.45) is 5.56. The smallest absolute Gasteiger partial charge is 0.149 e. The molecular weight excluding hydrogens is 372 g/mol. The van der Waals surface area contributed by atoms with Crippen LogP contribution in [-0.4, -0.2) is 0 Å². The first-order valence-electron chi connectivity index (χ1n) is 8.77. The van der Waals surface area contributed by atoms with Gasteiger partial charge in [0.2, 0.25) is 0 Å². The average molecular weight is 393 g/mol. The van der Waals surface area contributed by atoms with Gasteiger partial charge in [-0.05, 0) is 66.3 Å². The molecule has 0 N–H and O–H groups in total. The SMILES string of the molecule is Cc1ccc(/C=C2\CCCc3c2oc(-c2ccc(C)cc2)c3Br)cc1. The number of allylic oxidation sites excluding steroid dienone is 1. The molecule has 126 valence electrons. The van der Waals surface area contributed by atoms with E-state index in [2.05, 4.69) is 84.4 Å². The zero-order valence-electron chi connectivity index (χ0n) is 14.6. The molecule has 4 rings (SSSR count). The fourth-order valence-corrected chi connectivity index (χ4v) is 4.08. The van der Waals surface area contributed by atoms with Crippen molar-refractivity contribution in [2.24, 2.45) is 0 Å². The van der Waals surface area contributed by atoms with Gasteiger partial charge in [-0.15, -0.1) is 0 Å². The zero-order chi connectivity index (χ0) is 17.4. The summed E-state index contributed by atoms with van der Waals surface area (Å²) in [7, 11) is 0. The Morgan fingerprint density at radius 3 is 2.16 bits per heavy atom. The molecular formula is C23H21BrO. The lowest BCUT2D eigenvalue weighted by atomic mass is 9.92. The second-order valence-corrected chi connectivity index (χ2v) is 7.65. The van der Waals surface area contributed by atoms with Crippen LogP contribution in [0, 0.1) is 13.8 Å². The molecule has 1 aromatic heterocycles. The second-order valence-electron chi connectivity index (χ2n) is 6.85. The van der Waals surface area contributed by atoms with E-state index in [9.17, 15) is 0 Å². The monoisotopic (exact) mass is 392 g/mol. The summed E-state index contributed by atoms with van der Waals surface area (Å²) in [5, 5.41) is 0. The summed E-state index contributed by atoms with van der Waals surface area (Å²) >= 11 is 3.79. The minimum Gasteiger partial charge on any atom is -0.455 e. The minimum absolute atomic E-state index is 0.946. The van der Waals surface area contributed by atoms with Crippen LogP contribution in [-0.2, 0) is 6.42 Å². The number of rotatable bonds is 2. The molecule has 1 nitrogen and oxygen atoms in total. The molecule has 0 unspecified atom stereocenters. The molecule has 0 atom stereocenters. The number of hydrogen-bond acceptors (Lipinski definition) is 1. The van der Waals surface area contributed by atoms with Crippen LogP contribution >= 0.6 is 15.9 Å². The van der Waals surface area contributed by atoms with Gasteiger partial charge in [0, 0.05) is 11.1 Å². The van der Waals surface area contributed by atoms with Crippen LogP contribution in [0.1, 0.15) is 40.9 Å². The first-order valence-corrected chi connectivity index (χ1v) is 9.57. The fourth-order valence-electron chi connectivity index (χ4n) is 3.39. The Hall–Kier alpha value is -2.06. The molecule has 2 aromatic carbocycles. The lowest BCUT2D eigenvalue weighted by Crippen LogP contribution is -1.98. The third-order valence-corrected chi connectivity index (χ3v) is 5.68. The van der Waals surface area contributed by atoms with Gasteiger partial charge in [0.1, 0.15) is 11.5 Å². The first-order chi connectivity index (χ1) is 12.1. The molecule has 0 saturated heterocycles. The van der Waals surface area contributed by atoms with Gasteiger partial charge in [-0.1, -0.05) is 59.7 Å². The van der Waals surface area contributed by atoms with Crippen LogP contribution in [0.5, 0.6) is 0 Å². The van der Waals surface area contributed by atoms with Crippen molar-refractivity contribution in [2.45, 2.75) is 33.1 Å². The van der Waals surface area contributed by atoms with Crippen molar-refractivity contribution in [2.75, 3.05) is 0 Å². The predicted octanol–water partition coefficient (Wildman–Crippen LogP) is 7.20. The van der Waals surface area contributed by atoms with E-state index < -0.39 is 0 Å². The normalized spacial score (nSPS) is 15.4. The van der Waals surface area contributed by atoms with E-state index in [1.54, 1.807) is 0 Å². The van der Waals surface area contributed by atoms with Crippen LogP contribution in [0.2, 0.25) is 0 Å². The van der Waals surface area contributed by atoms with Gasteiger partial charge < -0.3 is 4.42 Å². The average Bonchev–Trinajstić information content (AvgIpc) is 2.96. The molecule has 1 aliphatic rings. The summed E-state index contributed by atoms with van der Waals surface area (Å²) < 4.78 is 7.47. The van der Waals surface area contributed by atoms with Gasteiger partial charge in [-0.2, -0.15) is 0 Å². The maximum absolute atomic E-state index is 6.36. The van der Waals surface area contributed by atoms with Crippen LogP contribution in [0.25, 0.3) is 23.0 Å². The molecule has 0 spiro atoms. The van der Waals surface area contributed by atoms with Gasteiger partial charge in [0.25, 0.3) is 0 Å². The number of benzene rings is 2. The predicted molar refractivity (Wildman–Crippen MR) is 109 cm³/mol. The lowest BCUT2D eigenvalue weighted by molar-refractivity contribution is 0.551. The van der Waals surface area contributed by atoms with E-state index in [0.717, 1.165) is 40.8 Å². The van der Waals surface area contributed by atoms with Crippen molar-refractivity contribution in [1.29, 1.82) is 0 Å². The van der Waals surface area contributed by atoms with E-state index in [-0.39, 0.29) is 0 Å². The van der Waals surface area contributed by atoms with Crippen molar-refractivity contribution < 1.29 is 4.42 Å². The highest BCUT2D eigenvalue weighted by Crippen LogP contribution is 2.43. The molecule has 0 radical (unpaired) electrons. The van der Waals surface area contributed by atoms with Crippen molar-refractivity contribution in [3.05, 3.63) is 81.0 Å². The van der Waals surface area contributed by atoms with E-state index in [1.165, 1.54) is 27.8 Å². The molecule has 0 saturated carbocycles. The zero-order valence-corrected chi connectivity index (χ0v) is 16.2. The van der Waals surface area contributed by atoms with Gasteiger partial charge in [-0.25, -0.2) is 0 Å². The second kappa shape index (κ2) is 6.68. The van der Waals surface area contributed by atoms with Crippen LogP contribution in [0.3, 0.4) is 0 Å². The lowest BCUT2D eigenvalue weighted by Gasteiger charge is -2.13.